The Morgan fingerprint density at radius 1 is 1.33 bits per heavy atom. The zero-order valence-corrected chi connectivity index (χ0v) is 11.8. The van der Waals surface area contributed by atoms with Gasteiger partial charge in [-0.15, -0.1) is 0 Å². The average Bonchev–Trinajstić information content (AvgIpc) is 2.58. The van der Waals surface area contributed by atoms with Gasteiger partial charge in [-0.1, -0.05) is 62.1 Å². The first-order valence-electron chi connectivity index (χ1n) is 5.61. The first-order valence-corrected chi connectivity index (χ1v) is 6.84. The highest BCUT2D eigenvalue weighted by Crippen LogP contribution is 2.30. The quantitative estimate of drug-likeness (QED) is 0.391. The lowest BCUT2D eigenvalue weighted by molar-refractivity contribution is -0.122. The lowest BCUT2D eigenvalue weighted by Gasteiger charge is -2.05. The number of carbonyl (C=O) groups excluding carboxylic acids is 1. The molecule has 0 unspecified atom stereocenters. The highest BCUT2D eigenvalue weighted by molar-refractivity contribution is 8.26. The molecule has 0 aromatic heterocycles. The Bertz CT molecular complexity index is 520. The minimum absolute atomic E-state index is 0.238. The number of amides is 1. The van der Waals surface area contributed by atoms with Crippen molar-refractivity contribution in [2.24, 2.45) is 5.84 Å². The molecule has 1 saturated heterocycles. The third-order valence-corrected chi connectivity index (χ3v) is 4.05. The van der Waals surface area contributed by atoms with Crippen LogP contribution in [0.1, 0.15) is 30.9 Å². The summed E-state index contributed by atoms with van der Waals surface area (Å²) in [7, 11) is 0. The monoisotopic (exact) mass is 278 g/mol. The van der Waals surface area contributed by atoms with Crippen LogP contribution < -0.4 is 5.84 Å². The van der Waals surface area contributed by atoms with E-state index in [1.807, 2.05) is 18.2 Å². The summed E-state index contributed by atoms with van der Waals surface area (Å²) in [6, 6.07) is 8.14. The van der Waals surface area contributed by atoms with Crippen LogP contribution >= 0.6 is 24.0 Å². The van der Waals surface area contributed by atoms with E-state index in [9.17, 15) is 4.79 Å². The Morgan fingerprint density at radius 3 is 2.39 bits per heavy atom. The van der Waals surface area contributed by atoms with Crippen molar-refractivity contribution >= 4 is 40.3 Å². The SMILES string of the molecule is CC(C)c1ccc(/C=C2\SC(=S)N(N)C2=O)cc1. The van der Waals surface area contributed by atoms with Gasteiger partial charge in [-0.3, -0.25) is 4.79 Å². The molecule has 94 valence electrons. The molecule has 1 aromatic rings. The van der Waals surface area contributed by atoms with E-state index in [-0.39, 0.29) is 5.91 Å². The second-order valence-electron chi connectivity index (χ2n) is 4.37. The van der Waals surface area contributed by atoms with Crippen molar-refractivity contribution in [3.63, 3.8) is 0 Å². The van der Waals surface area contributed by atoms with Crippen molar-refractivity contribution in [1.82, 2.24) is 5.01 Å². The number of rotatable bonds is 2. The van der Waals surface area contributed by atoms with Crippen LogP contribution in [0.4, 0.5) is 0 Å². The van der Waals surface area contributed by atoms with Crippen LogP contribution in [-0.2, 0) is 4.79 Å². The Kier molecular flexibility index (Phi) is 3.85. The molecule has 18 heavy (non-hydrogen) atoms. The summed E-state index contributed by atoms with van der Waals surface area (Å²) in [5.74, 6) is 5.77. The van der Waals surface area contributed by atoms with E-state index in [4.69, 9.17) is 18.1 Å². The number of benzene rings is 1. The van der Waals surface area contributed by atoms with Crippen molar-refractivity contribution in [3.05, 3.63) is 40.3 Å². The number of hydrogen-bond acceptors (Lipinski definition) is 4. The fourth-order valence-electron chi connectivity index (χ4n) is 1.61. The minimum Gasteiger partial charge on any atom is -0.267 e. The van der Waals surface area contributed by atoms with Gasteiger partial charge in [0.25, 0.3) is 5.91 Å². The van der Waals surface area contributed by atoms with Gasteiger partial charge in [0.15, 0.2) is 4.32 Å². The molecule has 0 spiro atoms. The second-order valence-corrected chi connectivity index (χ2v) is 6.05. The molecule has 2 rings (SSSR count). The van der Waals surface area contributed by atoms with E-state index < -0.39 is 0 Å². The third-order valence-electron chi connectivity index (χ3n) is 2.72. The molecule has 1 aromatic carbocycles. The molecule has 0 bridgehead atoms. The van der Waals surface area contributed by atoms with Gasteiger partial charge in [0, 0.05) is 0 Å². The number of nitrogens with zero attached hydrogens (tertiary/aromatic N) is 1. The number of hydrazine groups is 1. The Labute approximate surface area is 116 Å². The lowest BCUT2D eigenvalue weighted by Crippen LogP contribution is -2.34. The first kappa shape index (κ1) is 13.3. The average molecular weight is 278 g/mol. The van der Waals surface area contributed by atoms with E-state index in [1.165, 1.54) is 17.3 Å². The predicted molar refractivity (Wildman–Crippen MR) is 79.7 cm³/mol. The molecule has 0 saturated carbocycles. The standard InChI is InChI=1S/C13H14N2OS2/c1-8(2)10-5-3-9(4-6-10)7-11-12(16)15(14)13(17)18-11/h3-8H,14H2,1-2H3/b11-7-. The maximum atomic E-state index is 11.7. The molecule has 1 aliphatic rings. The molecule has 0 radical (unpaired) electrons. The van der Waals surface area contributed by atoms with E-state index in [0.717, 1.165) is 10.6 Å². The van der Waals surface area contributed by atoms with Gasteiger partial charge < -0.3 is 0 Å². The van der Waals surface area contributed by atoms with Gasteiger partial charge in [-0.25, -0.2) is 10.9 Å². The molecular formula is C13H14N2OS2. The van der Waals surface area contributed by atoms with Crippen LogP contribution in [0.5, 0.6) is 0 Å². The number of thiocarbonyl (C=S) groups is 1. The zero-order chi connectivity index (χ0) is 13.3. The summed E-state index contributed by atoms with van der Waals surface area (Å²) in [5, 5.41) is 1.01. The van der Waals surface area contributed by atoms with Crippen LogP contribution in [0, 0.1) is 0 Å². The van der Waals surface area contributed by atoms with Gasteiger partial charge in [0.05, 0.1) is 4.91 Å². The van der Waals surface area contributed by atoms with Crippen LogP contribution in [0.15, 0.2) is 29.2 Å². The smallest absolute Gasteiger partial charge is 0.267 e. The Balaban J connectivity index is 2.24. The summed E-state index contributed by atoms with van der Waals surface area (Å²) in [5.41, 5.74) is 2.26. The molecule has 0 atom stereocenters. The molecule has 2 N–H and O–H groups in total. The van der Waals surface area contributed by atoms with Gasteiger partial charge in [-0.05, 0) is 23.1 Å². The topological polar surface area (TPSA) is 46.3 Å². The van der Waals surface area contributed by atoms with Crippen molar-refractivity contribution in [3.8, 4) is 0 Å². The molecule has 1 aliphatic heterocycles. The molecule has 5 heteroatoms. The number of thioether (sulfide) groups is 1. The highest BCUT2D eigenvalue weighted by Gasteiger charge is 2.29. The normalized spacial score (nSPS) is 18.2. The third kappa shape index (κ3) is 2.63. The molecule has 1 fully saturated rings. The first-order chi connectivity index (χ1) is 8.49. The molecule has 0 aliphatic carbocycles. The van der Waals surface area contributed by atoms with Gasteiger partial charge in [0.1, 0.15) is 0 Å². The summed E-state index contributed by atoms with van der Waals surface area (Å²) in [6.45, 7) is 4.29. The minimum atomic E-state index is -0.238. The van der Waals surface area contributed by atoms with Crippen LogP contribution in [0.25, 0.3) is 6.08 Å². The summed E-state index contributed by atoms with van der Waals surface area (Å²) >= 11 is 6.20. The van der Waals surface area contributed by atoms with Crippen LogP contribution in [0.3, 0.4) is 0 Å². The van der Waals surface area contributed by atoms with E-state index in [2.05, 4.69) is 26.0 Å². The Hall–Kier alpha value is -1.17. The fraction of sp³-hybridized carbons (Fsp3) is 0.231. The van der Waals surface area contributed by atoms with E-state index >= 15 is 0 Å². The number of nitrogens with two attached hydrogens (primary N) is 1. The van der Waals surface area contributed by atoms with Gasteiger partial charge in [0.2, 0.25) is 0 Å². The van der Waals surface area contributed by atoms with Crippen molar-refractivity contribution < 1.29 is 4.79 Å². The van der Waals surface area contributed by atoms with Crippen molar-refractivity contribution in [1.29, 1.82) is 0 Å². The predicted octanol–water partition coefficient (Wildman–Crippen LogP) is 2.88. The van der Waals surface area contributed by atoms with E-state index in [1.54, 1.807) is 0 Å². The van der Waals surface area contributed by atoms with Gasteiger partial charge >= 0.3 is 0 Å². The molecule has 1 heterocycles. The lowest BCUT2D eigenvalue weighted by atomic mass is 10.0. The molecule has 1 amide bonds. The highest BCUT2D eigenvalue weighted by atomic mass is 32.2. The molecular weight excluding hydrogens is 264 g/mol. The maximum Gasteiger partial charge on any atom is 0.280 e. The van der Waals surface area contributed by atoms with Crippen LogP contribution in [-0.4, -0.2) is 15.2 Å². The van der Waals surface area contributed by atoms with Crippen molar-refractivity contribution in [2.45, 2.75) is 19.8 Å². The summed E-state index contributed by atoms with van der Waals surface area (Å²) < 4.78 is 0.394. The Morgan fingerprint density at radius 2 is 1.94 bits per heavy atom. The van der Waals surface area contributed by atoms with Crippen LogP contribution in [0.2, 0.25) is 0 Å². The number of carbonyl (C=O) groups is 1. The summed E-state index contributed by atoms with van der Waals surface area (Å²) in [6.07, 6.45) is 1.82. The fourth-order valence-corrected chi connectivity index (χ4v) is 2.71. The second kappa shape index (κ2) is 5.22. The molecule has 3 nitrogen and oxygen atoms in total. The maximum absolute atomic E-state index is 11.7. The number of hydrogen-bond donors (Lipinski definition) is 1. The zero-order valence-electron chi connectivity index (χ0n) is 10.2. The van der Waals surface area contributed by atoms with Crippen molar-refractivity contribution in [2.75, 3.05) is 0 Å². The van der Waals surface area contributed by atoms with E-state index in [0.29, 0.717) is 15.1 Å². The largest absolute Gasteiger partial charge is 0.280 e. The summed E-state index contributed by atoms with van der Waals surface area (Å²) in [4.78, 5) is 12.3. The van der Waals surface area contributed by atoms with Gasteiger partial charge in [-0.2, -0.15) is 0 Å².